The number of rotatable bonds is 11. The van der Waals surface area contributed by atoms with Gasteiger partial charge in [0.1, 0.15) is 11.4 Å². The molecule has 4 rings (SSSR count). The summed E-state index contributed by atoms with van der Waals surface area (Å²) in [5.74, 6) is -0.999. The number of nitrogens with one attached hydrogen (secondary N) is 2. The molecule has 0 fully saturated rings. The Labute approximate surface area is 221 Å². The molecule has 38 heavy (non-hydrogen) atoms. The molecule has 0 radical (unpaired) electrons. The number of hydrogen-bond donors (Lipinski definition) is 4. The van der Waals surface area contributed by atoms with Gasteiger partial charge in [-0.15, -0.1) is 0 Å². The van der Waals surface area contributed by atoms with Crippen molar-refractivity contribution in [1.82, 2.24) is 20.0 Å². The fourth-order valence-electron chi connectivity index (χ4n) is 4.52. The predicted octanol–water partition coefficient (Wildman–Crippen LogP) is 1.37. The Morgan fingerprint density at radius 3 is 2.79 bits per heavy atom. The number of aromatic nitrogens is 2. The standard InChI is InChI=1S/C26H32BN5O6/c1-17(2)12-22(27(35)36)30-25(34)26(14-18-6-4-7-20(13-18)37-3)15-19(31-38-26)16-29-24(33)21-8-5-10-32-11-9-28-23(21)32/h4-11,13,17,22,35-36H,12,14-16H2,1-3H3,(H,29,33)(H,30,34)/t22-,26?/m0/s1. The summed E-state index contributed by atoms with van der Waals surface area (Å²) in [5, 5.41) is 29.4. The molecule has 0 bridgehead atoms. The van der Waals surface area contributed by atoms with Gasteiger partial charge in [-0.3, -0.25) is 9.59 Å². The minimum Gasteiger partial charge on any atom is -0.497 e. The van der Waals surface area contributed by atoms with E-state index in [1.54, 1.807) is 54.4 Å². The van der Waals surface area contributed by atoms with E-state index in [1.807, 2.05) is 26.0 Å². The van der Waals surface area contributed by atoms with Gasteiger partial charge in [-0.1, -0.05) is 31.1 Å². The van der Waals surface area contributed by atoms with Crippen LogP contribution in [-0.2, 0) is 16.1 Å². The van der Waals surface area contributed by atoms with Crippen molar-refractivity contribution in [3.05, 3.63) is 66.1 Å². The maximum Gasteiger partial charge on any atom is 0.475 e. The molecule has 12 heteroatoms. The van der Waals surface area contributed by atoms with Crippen molar-refractivity contribution in [1.29, 1.82) is 0 Å². The third kappa shape index (κ3) is 6.14. The zero-order valence-electron chi connectivity index (χ0n) is 21.6. The number of carbonyl (C=O) groups excluding carboxylic acids is 2. The molecule has 2 aromatic heterocycles. The van der Waals surface area contributed by atoms with Crippen LogP contribution < -0.4 is 15.4 Å². The fraction of sp³-hybridized carbons (Fsp3) is 0.385. The molecule has 0 spiro atoms. The Balaban J connectivity index is 1.51. The summed E-state index contributed by atoms with van der Waals surface area (Å²) in [6.45, 7) is 3.91. The molecule has 11 nitrogen and oxygen atoms in total. The molecule has 1 aliphatic rings. The van der Waals surface area contributed by atoms with E-state index in [1.165, 1.54) is 0 Å². The fourth-order valence-corrected chi connectivity index (χ4v) is 4.52. The van der Waals surface area contributed by atoms with E-state index in [0.29, 0.717) is 29.1 Å². The zero-order chi connectivity index (χ0) is 27.3. The second-order valence-electron chi connectivity index (χ2n) is 9.83. The van der Waals surface area contributed by atoms with Gasteiger partial charge in [-0.05, 0) is 42.2 Å². The van der Waals surface area contributed by atoms with Gasteiger partial charge in [0.15, 0.2) is 0 Å². The molecule has 1 aromatic carbocycles. The van der Waals surface area contributed by atoms with Gasteiger partial charge in [0.2, 0.25) is 5.60 Å². The molecule has 0 aliphatic carbocycles. The molecule has 3 heterocycles. The van der Waals surface area contributed by atoms with Crippen molar-refractivity contribution < 1.29 is 29.2 Å². The number of imidazole rings is 1. The molecule has 2 atom stereocenters. The van der Waals surface area contributed by atoms with Crippen LogP contribution in [0.3, 0.4) is 0 Å². The van der Waals surface area contributed by atoms with Crippen LogP contribution in [0.4, 0.5) is 0 Å². The molecule has 0 saturated heterocycles. The van der Waals surface area contributed by atoms with Crippen LogP contribution in [0.15, 0.2) is 60.1 Å². The first-order valence-electron chi connectivity index (χ1n) is 12.4. The number of pyridine rings is 1. The highest BCUT2D eigenvalue weighted by molar-refractivity contribution is 6.43. The Morgan fingerprint density at radius 2 is 2.05 bits per heavy atom. The number of carbonyl (C=O) groups is 2. The predicted molar refractivity (Wildman–Crippen MR) is 142 cm³/mol. The topological polar surface area (TPSA) is 147 Å². The number of fused-ring (bicyclic) bond motifs is 1. The van der Waals surface area contributed by atoms with Crippen LogP contribution in [0.1, 0.15) is 42.6 Å². The Hall–Kier alpha value is -3.90. The van der Waals surface area contributed by atoms with E-state index < -0.39 is 24.6 Å². The Morgan fingerprint density at radius 1 is 1.24 bits per heavy atom. The van der Waals surface area contributed by atoms with Crippen LogP contribution in [0.5, 0.6) is 5.75 Å². The first kappa shape index (κ1) is 27.1. The molecule has 1 unspecified atom stereocenters. The third-order valence-electron chi connectivity index (χ3n) is 6.40. The minimum atomic E-state index is -1.73. The van der Waals surface area contributed by atoms with E-state index in [0.717, 1.165) is 5.56 Å². The van der Waals surface area contributed by atoms with E-state index in [-0.39, 0.29) is 31.2 Å². The average molecular weight is 521 g/mol. The second kappa shape index (κ2) is 11.7. The molecule has 4 N–H and O–H groups in total. The number of oxime groups is 1. The Kier molecular flexibility index (Phi) is 8.33. The summed E-state index contributed by atoms with van der Waals surface area (Å²) in [4.78, 5) is 36.5. The van der Waals surface area contributed by atoms with Crippen molar-refractivity contribution in [3.63, 3.8) is 0 Å². The third-order valence-corrected chi connectivity index (χ3v) is 6.40. The van der Waals surface area contributed by atoms with E-state index in [9.17, 15) is 19.6 Å². The van der Waals surface area contributed by atoms with Gasteiger partial charge in [0.25, 0.3) is 11.8 Å². The summed E-state index contributed by atoms with van der Waals surface area (Å²) in [7, 11) is -0.178. The molecular formula is C26H32BN5O6. The lowest BCUT2D eigenvalue weighted by Crippen LogP contribution is -2.56. The summed E-state index contributed by atoms with van der Waals surface area (Å²) < 4.78 is 7.06. The highest BCUT2D eigenvalue weighted by Crippen LogP contribution is 2.30. The van der Waals surface area contributed by atoms with Crippen LogP contribution in [0.25, 0.3) is 5.65 Å². The first-order chi connectivity index (χ1) is 18.2. The van der Waals surface area contributed by atoms with Gasteiger partial charge in [0.05, 0.1) is 30.9 Å². The summed E-state index contributed by atoms with van der Waals surface area (Å²) >= 11 is 0. The lowest BCUT2D eigenvalue weighted by Gasteiger charge is -2.29. The molecular weight excluding hydrogens is 489 g/mol. The smallest absolute Gasteiger partial charge is 0.475 e. The number of amides is 2. The highest BCUT2D eigenvalue weighted by atomic mass is 16.7. The van der Waals surface area contributed by atoms with Crippen molar-refractivity contribution in [2.75, 3.05) is 13.7 Å². The van der Waals surface area contributed by atoms with Crippen LogP contribution in [-0.4, -0.2) is 69.3 Å². The maximum absolute atomic E-state index is 13.6. The number of hydrogen-bond acceptors (Lipinski definition) is 8. The molecule has 3 aromatic rings. The van der Waals surface area contributed by atoms with Crippen molar-refractivity contribution in [2.24, 2.45) is 11.1 Å². The van der Waals surface area contributed by atoms with Gasteiger partial charge in [-0.2, -0.15) is 0 Å². The van der Waals surface area contributed by atoms with E-state index >= 15 is 0 Å². The first-order valence-corrected chi connectivity index (χ1v) is 12.4. The zero-order valence-corrected chi connectivity index (χ0v) is 21.6. The van der Waals surface area contributed by atoms with Gasteiger partial charge >= 0.3 is 7.12 Å². The summed E-state index contributed by atoms with van der Waals surface area (Å²) in [6, 6.07) is 10.7. The van der Waals surface area contributed by atoms with Crippen molar-refractivity contribution in [2.45, 2.75) is 44.7 Å². The van der Waals surface area contributed by atoms with Crippen LogP contribution >= 0.6 is 0 Å². The number of methoxy groups -OCH3 is 1. The minimum absolute atomic E-state index is 0.0613. The largest absolute Gasteiger partial charge is 0.497 e. The van der Waals surface area contributed by atoms with Gasteiger partial charge in [0, 0.05) is 31.4 Å². The van der Waals surface area contributed by atoms with Crippen molar-refractivity contribution in [3.8, 4) is 5.75 Å². The second-order valence-corrected chi connectivity index (χ2v) is 9.83. The number of nitrogens with zero attached hydrogens (tertiary/aromatic N) is 3. The average Bonchev–Trinajstić information content (AvgIpc) is 3.54. The summed E-state index contributed by atoms with van der Waals surface area (Å²) in [5.41, 5.74) is 0.734. The normalized spacial score (nSPS) is 17.6. The number of benzene rings is 1. The van der Waals surface area contributed by atoms with E-state index in [2.05, 4.69) is 20.8 Å². The van der Waals surface area contributed by atoms with Crippen LogP contribution in [0.2, 0.25) is 0 Å². The molecule has 1 aliphatic heterocycles. The SMILES string of the molecule is COc1cccc(CC2(C(=O)N[C@@H](CC(C)C)B(O)O)CC(CNC(=O)c3cccn4ccnc34)=NO2)c1. The number of ether oxygens (including phenoxy) is 1. The van der Waals surface area contributed by atoms with E-state index in [4.69, 9.17) is 9.57 Å². The molecule has 0 saturated carbocycles. The van der Waals surface area contributed by atoms with Crippen LogP contribution in [0, 0.1) is 5.92 Å². The quantitative estimate of drug-likeness (QED) is 0.279. The molecule has 2 amide bonds. The summed E-state index contributed by atoms with van der Waals surface area (Å²) in [6.07, 6.45) is 5.78. The van der Waals surface area contributed by atoms with Crippen molar-refractivity contribution >= 4 is 30.3 Å². The van der Waals surface area contributed by atoms with Gasteiger partial charge < -0.3 is 34.7 Å². The maximum atomic E-state index is 13.6. The van der Waals surface area contributed by atoms with Gasteiger partial charge in [-0.25, -0.2) is 4.98 Å². The highest BCUT2D eigenvalue weighted by Gasteiger charge is 2.48. The lowest BCUT2D eigenvalue weighted by molar-refractivity contribution is -0.144. The lowest BCUT2D eigenvalue weighted by atomic mass is 9.74. The molecule has 200 valence electrons. The monoisotopic (exact) mass is 521 g/mol. The Bertz CT molecular complexity index is 1330.